The molecule has 0 amide bonds. The fourth-order valence-electron chi connectivity index (χ4n) is 3.86. The van der Waals surface area contributed by atoms with Gasteiger partial charge >= 0.3 is 0 Å². The van der Waals surface area contributed by atoms with Gasteiger partial charge in [-0.2, -0.15) is 0 Å². The van der Waals surface area contributed by atoms with E-state index in [1.165, 1.54) is 12.8 Å². The highest BCUT2D eigenvalue weighted by Gasteiger charge is 2.58. The fourth-order valence-corrected chi connectivity index (χ4v) is 15.4. The second-order valence-electron chi connectivity index (χ2n) is 4.79. The Balaban J connectivity index is 1.66. The van der Waals surface area contributed by atoms with Gasteiger partial charge in [-0.3, -0.25) is 0 Å². The Kier molecular flexibility index (Phi) is 2.78. The highest BCUT2D eigenvalue weighted by Crippen LogP contribution is 2.69. The molecule has 3 aliphatic carbocycles. The van der Waals surface area contributed by atoms with Crippen LogP contribution >= 0.6 is 51.1 Å². The maximum atomic E-state index is 2.53. The van der Waals surface area contributed by atoms with Gasteiger partial charge in [-0.25, -0.2) is 0 Å². The van der Waals surface area contributed by atoms with Gasteiger partial charge in [-0.15, -0.1) is 0 Å². The molecule has 0 nitrogen and oxygen atoms in total. The van der Waals surface area contributed by atoms with Crippen LogP contribution in [0, 0.1) is 23.7 Å². The minimum absolute atomic E-state index is 0.941. The predicted molar refractivity (Wildman–Crippen MR) is 77.9 cm³/mol. The molecule has 0 unspecified atom stereocenters. The first-order chi connectivity index (χ1) is 7.45. The third-order valence-electron chi connectivity index (χ3n) is 4.37. The van der Waals surface area contributed by atoms with E-state index >= 15 is 0 Å². The maximum Gasteiger partial charge on any atom is 0.0324 e. The Hall–Kier alpha value is 1.49. The minimum atomic E-state index is 0.941. The molecule has 6 atom stereocenters. The Morgan fingerprint density at radius 2 is 1.67 bits per heavy atom. The van der Waals surface area contributed by atoms with Gasteiger partial charge < -0.3 is 0 Å². The van der Waals surface area contributed by atoms with Crippen molar-refractivity contribution >= 4 is 51.1 Å². The largest absolute Gasteiger partial charge is 0.0879 e. The van der Waals surface area contributed by atoms with E-state index in [-0.39, 0.29) is 0 Å². The minimum Gasteiger partial charge on any atom is -0.0879 e. The van der Waals surface area contributed by atoms with Crippen molar-refractivity contribution in [3.63, 3.8) is 0 Å². The topological polar surface area (TPSA) is 0 Å². The Morgan fingerprint density at radius 3 is 2.53 bits per heavy atom. The van der Waals surface area contributed by atoms with Crippen LogP contribution in [0.3, 0.4) is 0 Å². The number of rotatable bonds is 0. The summed E-state index contributed by atoms with van der Waals surface area (Å²) in [5.74, 6) is 4.02. The molecule has 0 spiro atoms. The van der Waals surface area contributed by atoms with Crippen LogP contribution in [0.5, 0.6) is 0 Å². The summed E-state index contributed by atoms with van der Waals surface area (Å²) in [5, 5.41) is 1.89. The summed E-state index contributed by atoms with van der Waals surface area (Å²) < 4.78 is 0. The first-order valence-corrected chi connectivity index (χ1v) is 11.7. The lowest BCUT2D eigenvalue weighted by Gasteiger charge is -2.35. The molecule has 1 saturated heterocycles. The molecule has 4 aliphatic rings. The summed E-state index contributed by atoms with van der Waals surface area (Å²) in [6.07, 6.45) is 7.89. The van der Waals surface area contributed by atoms with E-state index in [0.29, 0.717) is 0 Å². The molecule has 0 aromatic rings. The van der Waals surface area contributed by atoms with Gasteiger partial charge in [0, 0.05) is 10.5 Å². The van der Waals surface area contributed by atoms with Crippen molar-refractivity contribution in [1.29, 1.82) is 0 Å². The van der Waals surface area contributed by atoms with Gasteiger partial charge in [0.2, 0.25) is 0 Å². The van der Waals surface area contributed by atoms with E-state index in [9.17, 15) is 0 Å². The molecular formula is C10H12S5. The first-order valence-electron chi connectivity index (χ1n) is 5.44. The molecule has 2 bridgehead atoms. The van der Waals surface area contributed by atoms with Crippen LogP contribution in [0.4, 0.5) is 0 Å². The molecule has 1 aliphatic heterocycles. The summed E-state index contributed by atoms with van der Waals surface area (Å²) in [4.78, 5) is 0. The molecule has 0 N–H and O–H groups in total. The normalized spacial score (nSPS) is 56.5. The SMILES string of the molecule is C1=C[C@H]2[C@@H](C1)[C@@H]1C[C@H]2[C@H]2SSSSS[C@@H]12. The summed E-state index contributed by atoms with van der Waals surface area (Å²) in [6.45, 7) is 0. The summed E-state index contributed by atoms with van der Waals surface area (Å²) >= 11 is 0. The van der Waals surface area contributed by atoms with E-state index in [4.69, 9.17) is 0 Å². The van der Waals surface area contributed by atoms with Gasteiger partial charge in [-0.1, -0.05) is 33.7 Å². The van der Waals surface area contributed by atoms with E-state index in [1.54, 1.807) is 0 Å². The van der Waals surface area contributed by atoms with Gasteiger partial charge in [0.25, 0.3) is 0 Å². The Bertz CT molecular complexity index is 304. The van der Waals surface area contributed by atoms with Crippen molar-refractivity contribution in [1.82, 2.24) is 0 Å². The van der Waals surface area contributed by atoms with Crippen LogP contribution < -0.4 is 0 Å². The zero-order chi connectivity index (χ0) is 9.83. The van der Waals surface area contributed by atoms with E-state index < -0.39 is 0 Å². The lowest BCUT2D eigenvalue weighted by molar-refractivity contribution is 0.300. The van der Waals surface area contributed by atoms with Crippen molar-refractivity contribution < 1.29 is 0 Å². The maximum absolute atomic E-state index is 2.53. The smallest absolute Gasteiger partial charge is 0.0324 e. The number of hydrogen-bond donors (Lipinski definition) is 0. The summed E-state index contributed by atoms with van der Waals surface area (Å²) in [7, 11) is 10.4. The first kappa shape index (κ1) is 10.4. The predicted octanol–water partition coefficient (Wildman–Crippen LogP) is 4.91. The lowest BCUT2D eigenvalue weighted by Crippen LogP contribution is -2.35. The number of hydrogen-bond acceptors (Lipinski definition) is 5. The zero-order valence-corrected chi connectivity index (χ0v) is 12.2. The van der Waals surface area contributed by atoms with Crippen molar-refractivity contribution in [2.75, 3.05) is 0 Å². The van der Waals surface area contributed by atoms with Crippen molar-refractivity contribution in [2.45, 2.75) is 23.3 Å². The molecule has 0 aromatic heterocycles. The second kappa shape index (κ2) is 4.01. The highest BCUT2D eigenvalue weighted by molar-refractivity contribution is 9.36. The molecule has 1 heterocycles. The molecule has 4 rings (SSSR count). The Morgan fingerprint density at radius 1 is 0.867 bits per heavy atom. The van der Waals surface area contributed by atoms with E-state index in [0.717, 1.165) is 34.2 Å². The van der Waals surface area contributed by atoms with E-state index in [2.05, 4.69) is 33.7 Å². The van der Waals surface area contributed by atoms with Crippen LogP contribution in [-0.2, 0) is 0 Å². The average molecular weight is 293 g/mol. The van der Waals surface area contributed by atoms with Crippen LogP contribution in [-0.4, -0.2) is 10.5 Å². The molecule has 0 aromatic carbocycles. The van der Waals surface area contributed by atoms with Crippen molar-refractivity contribution in [2.24, 2.45) is 23.7 Å². The standard InChI is InChI=1S/C10H12S5/c1-2-5-6(3-1)8-4-7(5)9-10(8)12-14-15-13-11-9/h1-2,5-10H,3-4H2/t5-,6+,7+,8-,9+,10-/m0/s1. The van der Waals surface area contributed by atoms with Gasteiger partial charge in [0.05, 0.1) is 0 Å². The average Bonchev–Trinajstić information content (AvgIpc) is 2.85. The second-order valence-corrected chi connectivity index (χ2v) is 12.7. The van der Waals surface area contributed by atoms with Crippen molar-refractivity contribution in [3.05, 3.63) is 12.2 Å². The lowest BCUT2D eigenvalue weighted by atomic mass is 9.81. The molecule has 5 heteroatoms. The molecule has 2 saturated carbocycles. The van der Waals surface area contributed by atoms with Gasteiger partial charge in [-0.05, 0) is 66.0 Å². The third-order valence-corrected chi connectivity index (χ3v) is 14.1. The molecule has 3 fully saturated rings. The number of allylic oxidation sites excluding steroid dienone is 2. The van der Waals surface area contributed by atoms with Gasteiger partial charge in [0.1, 0.15) is 0 Å². The van der Waals surface area contributed by atoms with Gasteiger partial charge in [0.15, 0.2) is 0 Å². The zero-order valence-electron chi connectivity index (χ0n) is 8.07. The quantitative estimate of drug-likeness (QED) is 0.458. The summed E-state index contributed by atoms with van der Waals surface area (Å²) in [5.41, 5.74) is 0. The number of fused-ring (bicyclic) bond motifs is 8. The third kappa shape index (κ3) is 1.49. The highest BCUT2D eigenvalue weighted by atomic mass is 33.8. The van der Waals surface area contributed by atoms with Crippen LogP contribution in [0.2, 0.25) is 0 Å². The summed E-state index contributed by atoms with van der Waals surface area (Å²) in [6, 6.07) is 0. The van der Waals surface area contributed by atoms with Crippen LogP contribution in [0.15, 0.2) is 12.2 Å². The molecule has 0 radical (unpaired) electrons. The molecule has 15 heavy (non-hydrogen) atoms. The molecular weight excluding hydrogens is 280 g/mol. The van der Waals surface area contributed by atoms with Crippen LogP contribution in [0.25, 0.3) is 0 Å². The van der Waals surface area contributed by atoms with E-state index in [1.807, 2.05) is 29.5 Å². The Labute approximate surface area is 110 Å². The molecule has 82 valence electrons. The van der Waals surface area contributed by atoms with Crippen molar-refractivity contribution in [3.8, 4) is 0 Å². The fraction of sp³-hybridized carbons (Fsp3) is 0.800. The monoisotopic (exact) mass is 292 g/mol. The van der Waals surface area contributed by atoms with Crippen LogP contribution in [0.1, 0.15) is 12.8 Å².